The molecule has 0 aliphatic heterocycles. The zero-order chi connectivity index (χ0) is 18.0. The van der Waals surface area contributed by atoms with Crippen LogP contribution in [0.2, 0.25) is 0 Å². The molecule has 4 atom stereocenters. The molecule has 4 rings (SSSR count). The van der Waals surface area contributed by atoms with E-state index in [4.69, 9.17) is 4.55 Å². The summed E-state index contributed by atoms with van der Waals surface area (Å²) in [5.41, 5.74) is 3.45. The summed E-state index contributed by atoms with van der Waals surface area (Å²) in [5.74, 6) is -0.841. The summed E-state index contributed by atoms with van der Waals surface area (Å²) in [5, 5.41) is 10.4. The number of Topliss-reactive ketones (excluding diaryl/α,β-unsaturated/α-hetero) is 1. The molecular formula is C18H25NaO6S. The van der Waals surface area contributed by atoms with E-state index in [-0.39, 0.29) is 47.8 Å². The Bertz CT molecular complexity index is 800. The molecule has 1 unspecified atom stereocenters. The van der Waals surface area contributed by atoms with E-state index in [1.165, 1.54) is 11.1 Å². The molecule has 6 nitrogen and oxygen atoms in total. The van der Waals surface area contributed by atoms with Crippen molar-refractivity contribution in [2.75, 3.05) is 0 Å². The van der Waals surface area contributed by atoms with Gasteiger partial charge in [0.15, 0.2) is 5.79 Å². The average Bonchev–Trinajstić information content (AvgIpc) is 2.80. The van der Waals surface area contributed by atoms with Gasteiger partial charge in [-0.05, 0) is 38.0 Å². The van der Waals surface area contributed by atoms with Crippen molar-refractivity contribution in [2.24, 2.45) is 17.3 Å². The van der Waals surface area contributed by atoms with Gasteiger partial charge in [-0.1, -0.05) is 29.7 Å². The first-order chi connectivity index (χ1) is 11.6. The van der Waals surface area contributed by atoms with Gasteiger partial charge >= 0.3 is 40.0 Å². The number of allylic oxidation sites excluding steroid dienone is 3. The summed E-state index contributed by atoms with van der Waals surface area (Å²) in [7, 11) is -4.69. The molecule has 0 amide bonds. The van der Waals surface area contributed by atoms with Gasteiger partial charge in [0.1, 0.15) is 5.78 Å². The summed E-state index contributed by atoms with van der Waals surface area (Å²) < 4.78 is 35.4. The molecule has 0 aromatic rings. The van der Waals surface area contributed by atoms with E-state index in [1.807, 2.05) is 0 Å². The third kappa shape index (κ3) is 3.41. The molecule has 0 bridgehead atoms. The minimum atomic E-state index is -4.69. The molecule has 140 valence electrons. The third-order valence-corrected chi connectivity index (χ3v) is 7.34. The first-order valence-electron chi connectivity index (χ1n) is 8.96. The van der Waals surface area contributed by atoms with Gasteiger partial charge in [-0.25, -0.2) is 4.18 Å². The number of rotatable bonds is 2. The molecule has 0 spiro atoms. The third-order valence-electron chi connectivity index (χ3n) is 6.82. The molecule has 0 aromatic heterocycles. The second-order valence-electron chi connectivity index (χ2n) is 8.19. The van der Waals surface area contributed by atoms with Crippen molar-refractivity contribution in [3.8, 4) is 0 Å². The fourth-order valence-electron chi connectivity index (χ4n) is 5.61. The van der Waals surface area contributed by atoms with Crippen LogP contribution in [0.4, 0.5) is 0 Å². The molecule has 2 N–H and O–H groups in total. The molecule has 26 heavy (non-hydrogen) atoms. The number of ketones is 1. The summed E-state index contributed by atoms with van der Waals surface area (Å²) >= 11 is 0. The van der Waals surface area contributed by atoms with Crippen LogP contribution in [0.5, 0.6) is 0 Å². The summed E-state index contributed by atoms with van der Waals surface area (Å²) in [6, 6.07) is 0. The first-order valence-corrected chi connectivity index (χ1v) is 10.3. The van der Waals surface area contributed by atoms with Crippen molar-refractivity contribution in [2.45, 2.75) is 64.1 Å². The van der Waals surface area contributed by atoms with Crippen LogP contribution in [0, 0.1) is 17.3 Å². The van der Waals surface area contributed by atoms with Crippen LogP contribution in [0.15, 0.2) is 22.8 Å². The first kappa shape index (κ1) is 20.7. The zero-order valence-corrected chi connectivity index (χ0v) is 15.1. The van der Waals surface area contributed by atoms with Crippen molar-refractivity contribution < 1.29 is 27.1 Å². The van der Waals surface area contributed by atoms with Crippen LogP contribution in [0.1, 0.15) is 58.3 Å². The molecular weight excluding hydrogens is 367 g/mol. The van der Waals surface area contributed by atoms with E-state index in [0.717, 1.165) is 24.8 Å². The maximum absolute atomic E-state index is 12.3. The molecule has 2 saturated carbocycles. The van der Waals surface area contributed by atoms with Gasteiger partial charge < -0.3 is 5.11 Å². The van der Waals surface area contributed by atoms with E-state index in [0.29, 0.717) is 36.9 Å². The molecule has 4 aliphatic rings. The summed E-state index contributed by atoms with van der Waals surface area (Å²) in [4.78, 5) is 12.3. The van der Waals surface area contributed by atoms with Crippen molar-refractivity contribution in [1.29, 1.82) is 0 Å². The number of aliphatic hydroxyl groups is 1. The van der Waals surface area contributed by atoms with Gasteiger partial charge in [0.25, 0.3) is 0 Å². The van der Waals surface area contributed by atoms with Gasteiger partial charge in [0.2, 0.25) is 0 Å². The van der Waals surface area contributed by atoms with Gasteiger partial charge in [-0.3, -0.25) is 9.35 Å². The molecule has 0 radical (unpaired) electrons. The Balaban J connectivity index is 0.00000196. The summed E-state index contributed by atoms with van der Waals surface area (Å²) in [6.45, 7) is 2.10. The standard InChI is InChI=1S/C18H24O6S.Na.H/c1-17-8-6-13-12-7-9-18(20,24-25(21,22)23)10-11(12)2-3-14(13)15(17)4-5-16(17)19;;/h3,13,15,20H,2,4-10H2,1H3,(H,21,22,23);;/t13-,15?,17-,18-;;/m0../s1. The topological polar surface area (TPSA) is 101 Å². The Morgan fingerprint density at radius 1 is 1.23 bits per heavy atom. The quantitative estimate of drug-likeness (QED) is 0.323. The Labute approximate surface area is 176 Å². The Kier molecular flexibility index (Phi) is 5.41. The van der Waals surface area contributed by atoms with E-state index in [9.17, 15) is 18.3 Å². The van der Waals surface area contributed by atoms with Crippen molar-refractivity contribution in [3.05, 3.63) is 22.8 Å². The fourth-order valence-corrected chi connectivity index (χ4v) is 6.14. The van der Waals surface area contributed by atoms with Gasteiger partial charge in [0.05, 0.1) is 0 Å². The van der Waals surface area contributed by atoms with E-state index >= 15 is 0 Å². The van der Waals surface area contributed by atoms with Crippen LogP contribution in [-0.4, -0.2) is 59.2 Å². The van der Waals surface area contributed by atoms with Crippen LogP contribution < -0.4 is 0 Å². The normalized spacial score (nSPS) is 39.5. The second kappa shape index (κ2) is 6.79. The number of hydrogen-bond donors (Lipinski definition) is 2. The van der Waals surface area contributed by atoms with Gasteiger partial charge in [0, 0.05) is 30.6 Å². The van der Waals surface area contributed by atoms with E-state index < -0.39 is 16.2 Å². The van der Waals surface area contributed by atoms with Crippen molar-refractivity contribution in [1.82, 2.24) is 0 Å². The molecule has 4 aliphatic carbocycles. The van der Waals surface area contributed by atoms with Gasteiger partial charge in [-0.2, -0.15) is 8.42 Å². The molecule has 0 saturated heterocycles. The zero-order valence-electron chi connectivity index (χ0n) is 14.3. The monoisotopic (exact) mass is 392 g/mol. The Morgan fingerprint density at radius 2 is 1.96 bits per heavy atom. The van der Waals surface area contributed by atoms with Crippen LogP contribution in [0.25, 0.3) is 0 Å². The molecule has 2 fully saturated rings. The predicted molar refractivity (Wildman–Crippen MR) is 96.9 cm³/mol. The van der Waals surface area contributed by atoms with Crippen LogP contribution in [-0.2, 0) is 19.4 Å². The molecule has 0 aromatic carbocycles. The minimum absolute atomic E-state index is 0. The van der Waals surface area contributed by atoms with E-state index in [1.54, 1.807) is 0 Å². The van der Waals surface area contributed by atoms with Crippen LogP contribution in [0.3, 0.4) is 0 Å². The van der Waals surface area contributed by atoms with Gasteiger partial charge in [-0.15, -0.1) is 0 Å². The Morgan fingerprint density at radius 3 is 2.65 bits per heavy atom. The number of hydrogen-bond acceptors (Lipinski definition) is 5. The van der Waals surface area contributed by atoms with Crippen molar-refractivity contribution in [3.63, 3.8) is 0 Å². The SMILES string of the molecule is C[C@]12CC[C@@H]3C(=CCC4=C3CC[C@](O)(OS(=O)(=O)O)C4)C1CCC2=O.[NaH]. The maximum atomic E-state index is 12.3. The second-order valence-corrected chi connectivity index (χ2v) is 9.22. The predicted octanol–water partition coefficient (Wildman–Crippen LogP) is 2.05. The fraction of sp³-hybridized carbons (Fsp3) is 0.722. The van der Waals surface area contributed by atoms with E-state index in [2.05, 4.69) is 17.2 Å². The number of fused-ring (bicyclic) bond motifs is 4. The average molecular weight is 392 g/mol. The van der Waals surface area contributed by atoms with Crippen LogP contribution >= 0.6 is 0 Å². The summed E-state index contributed by atoms with van der Waals surface area (Å²) in [6.07, 6.45) is 7.06. The Hall–Kier alpha value is -0.0200. The van der Waals surface area contributed by atoms with Crippen molar-refractivity contribution >= 4 is 45.7 Å². The number of carbonyl (C=O) groups excluding carboxylic acids is 1. The number of carbonyl (C=O) groups is 1. The molecule has 0 heterocycles. The molecule has 8 heteroatoms.